The molecule has 0 unspecified atom stereocenters. The van der Waals surface area contributed by atoms with Gasteiger partial charge in [0.05, 0.1) is 0 Å². The minimum Gasteiger partial charge on any atom is -0.454 e. The lowest BCUT2D eigenvalue weighted by Crippen LogP contribution is -2.46. The van der Waals surface area contributed by atoms with Gasteiger partial charge in [-0.15, -0.1) is 0 Å². The SMILES string of the molecule is Cc1cc(N2CCN(Cc3ccc4c(c3)OCO4)CC2)nc(N2CCCCC2)n1. The van der Waals surface area contributed by atoms with Crippen LogP contribution in [0.25, 0.3) is 0 Å². The molecule has 0 bridgehead atoms. The van der Waals surface area contributed by atoms with E-state index in [2.05, 4.69) is 39.8 Å². The van der Waals surface area contributed by atoms with E-state index >= 15 is 0 Å². The second kappa shape index (κ2) is 8.06. The average molecular weight is 396 g/mol. The van der Waals surface area contributed by atoms with Crippen LogP contribution in [-0.2, 0) is 6.54 Å². The zero-order valence-electron chi connectivity index (χ0n) is 17.1. The van der Waals surface area contributed by atoms with E-state index in [9.17, 15) is 0 Å². The van der Waals surface area contributed by atoms with Gasteiger partial charge in [0.1, 0.15) is 5.82 Å². The number of hydrogen-bond acceptors (Lipinski definition) is 7. The Kier molecular flexibility index (Phi) is 5.14. The lowest BCUT2D eigenvalue weighted by atomic mass is 10.1. The number of hydrogen-bond donors (Lipinski definition) is 0. The first-order valence-electron chi connectivity index (χ1n) is 10.7. The summed E-state index contributed by atoms with van der Waals surface area (Å²) in [7, 11) is 0. The summed E-state index contributed by atoms with van der Waals surface area (Å²) in [4.78, 5) is 16.9. The van der Waals surface area contributed by atoms with Gasteiger partial charge in [-0.3, -0.25) is 4.90 Å². The van der Waals surface area contributed by atoms with E-state index in [-0.39, 0.29) is 0 Å². The monoisotopic (exact) mass is 395 g/mol. The summed E-state index contributed by atoms with van der Waals surface area (Å²) in [6.07, 6.45) is 3.80. The highest BCUT2D eigenvalue weighted by molar-refractivity contribution is 5.47. The summed E-state index contributed by atoms with van der Waals surface area (Å²) in [6, 6.07) is 8.38. The van der Waals surface area contributed by atoms with E-state index in [1.54, 1.807) is 0 Å². The summed E-state index contributed by atoms with van der Waals surface area (Å²) in [5, 5.41) is 0. The molecule has 0 spiro atoms. The fraction of sp³-hybridized carbons (Fsp3) is 0.545. The van der Waals surface area contributed by atoms with Gasteiger partial charge in [0.25, 0.3) is 0 Å². The fourth-order valence-electron chi connectivity index (χ4n) is 4.37. The average Bonchev–Trinajstić information content (AvgIpc) is 3.22. The van der Waals surface area contributed by atoms with Gasteiger partial charge in [0, 0.05) is 57.6 Å². The normalized spacial score (nSPS) is 19.6. The number of nitrogens with zero attached hydrogens (tertiary/aromatic N) is 5. The van der Waals surface area contributed by atoms with Crippen molar-refractivity contribution >= 4 is 11.8 Å². The van der Waals surface area contributed by atoms with Crippen molar-refractivity contribution in [2.24, 2.45) is 0 Å². The van der Waals surface area contributed by atoms with Crippen molar-refractivity contribution in [2.45, 2.75) is 32.7 Å². The Labute approximate surface area is 172 Å². The lowest BCUT2D eigenvalue weighted by molar-refractivity contribution is 0.174. The van der Waals surface area contributed by atoms with Gasteiger partial charge in [0.15, 0.2) is 11.5 Å². The molecule has 154 valence electrons. The molecule has 0 amide bonds. The zero-order valence-corrected chi connectivity index (χ0v) is 17.1. The maximum absolute atomic E-state index is 5.51. The molecule has 3 aliphatic rings. The molecule has 29 heavy (non-hydrogen) atoms. The highest BCUT2D eigenvalue weighted by Crippen LogP contribution is 2.33. The molecule has 3 aliphatic heterocycles. The van der Waals surface area contributed by atoms with Gasteiger partial charge >= 0.3 is 0 Å². The van der Waals surface area contributed by atoms with Crippen LogP contribution in [0.3, 0.4) is 0 Å². The second-order valence-corrected chi connectivity index (χ2v) is 8.17. The Bertz CT molecular complexity index is 860. The molecule has 7 nitrogen and oxygen atoms in total. The highest BCUT2D eigenvalue weighted by atomic mass is 16.7. The molecular weight excluding hydrogens is 366 g/mol. The van der Waals surface area contributed by atoms with Gasteiger partial charge in [-0.05, 0) is 43.9 Å². The number of piperidine rings is 1. The topological polar surface area (TPSA) is 54.0 Å². The van der Waals surface area contributed by atoms with Crippen molar-refractivity contribution < 1.29 is 9.47 Å². The quantitative estimate of drug-likeness (QED) is 0.789. The van der Waals surface area contributed by atoms with E-state index < -0.39 is 0 Å². The van der Waals surface area contributed by atoms with Crippen LogP contribution in [0.2, 0.25) is 0 Å². The van der Waals surface area contributed by atoms with Crippen molar-refractivity contribution in [2.75, 3.05) is 55.9 Å². The predicted molar refractivity (Wildman–Crippen MR) is 113 cm³/mol. The number of aromatic nitrogens is 2. The summed E-state index contributed by atoms with van der Waals surface area (Å²) < 4.78 is 10.9. The van der Waals surface area contributed by atoms with Crippen LogP contribution in [0.4, 0.5) is 11.8 Å². The number of ether oxygens (including phenoxy) is 2. The minimum atomic E-state index is 0.329. The van der Waals surface area contributed by atoms with E-state index in [0.717, 1.165) is 74.8 Å². The fourth-order valence-corrected chi connectivity index (χ4v) is 4.37. The third-order valence-corrected chi connectivity index (χ3v) is 6.01. The molecule has 0 saturated carbocycles. The summed E-state index contributed by atoms with van der Waals surface area (Å²) in [5.74, 6) is 3.69. The van der Waals surface area contributed by atoms with Crippen molar-refractivity contribution in [3.63, 3.8) is 0 Å². The molecule has 0 aliphatic carbocycles. The van der Waals surface area contributed by atoms with Crippen molar-refractivity contribution in [1.29, 1.82) is 0 Å². The Hall–Kier alpha value is -2.54. The largest absolute Gasteiger partial charge is 0.454 e. The zero-order chi connectivity index (χ0) is 19.6. The van der Waals surface area contributed by atoms with Crippen molar-refractivity contribution in [3.8, 4) is 11.5 Å². The first-order chi connectivity index (χ1) is 14.2. The van der Waals surface area contributed by atoms with Gasteiger partial charge in [0.2, 0.25) is 12.7 Å². The van der Waals surface area contributed by atoms with Crippen LogP contribution in [0.15, 0.2) is 24.3 Å². The number of piperazine rings is 1. The maximum atomic E-state index is 5.51. The van der Waals surface area contributed by atoms with Crippen LogP contribution in [0.5, 0.6) is 11.5 Å². The molecule has 1 aromatic carbocycles. The molecule has 0 radical (unpaired) electrons. The molecule has 1 aromatic heterocycles. The second-order valence-electron chi connectivity index (χ2n) is 8.17. The molecule has 5 rings (SSSR count). The number of rotatable bonds is 4. The molecular formula is C22H29N5O2. The standard InChI is InChI=1S/C22H29N5O2/c1-17-13-21(24-22(23-17)27-7-3-2-4-8-27)26-11-9-25(10-12-26)15-18-5-6-19-20(14-18)29-16-28-19/h5-6,13-14H,2-4,7-12,15-16H2,1H3. The van der Waals surface area contributed by atoms with Crippen molar-refractivity contribution in [1.82, 2.24) is 14.9 Å². The third-order valence-electron chi connectivity index (χ3n) is 6.01. The van der Waals surface area contributed by atoms with Gasteiger partial charge in [-0.25, -0.2) is 4.98 Å². The van der Waals surface area contributed by atoms with Gasteiger partial charge in [-0.2, -0.15) is 4.98 Å². The van der Waals surface area contributed by atoms with E-state index in [1.165, 1.54) is 24.8 Å². The highest BCUT2D eigenvalue weighted by Gasteiger charge is 2.22. The minimum absolute atomic E-state index is 0.329. The summed E-state index contributed by atoms with van der Waals surface area (Å²) in [5.41, 5.74) is 2.33. The van der Waals surface area contributed by atoms with Crippen molar-refractivity contribution in [3.05, 3.63) is 35.5 Å². The molecule has 2 aromatic rings. The Balaban J connectivity index is 1.22. The summed E-state index contributed by atoms with van der Waals surface area (Å²) in [6.45, 7) is 9.52. The lowest BCUT2D eigenvalue weighted by Gasteiger charge is -2.36. The number of benzene rings is 1. The molecule has 4 heterocycles. The maximum Gasteiger partial charge on any atom is 0.231 e. The summed E-state index contributed by atoms with van der Waals surface area (Å²) >= 11 is 0. The molecule has 0 atom stereocenters. The van der Waals surface area contributed by atoms with Crippen LogP contribution >= 0.6 is 0 Å². The molecule has 2 fully saturated rings. The van der Waals surface area contributed by atoms with Crippen LogP contribution in [-0.4, -0.2) is 60.9 Å². The Morgan fingerprint density at radius 3 is 2.45 bits per heavy atom. The van der Waals surface area contributed by atoms with Gasteiger partial charge < -0.3 is 19.3 Å². The number of anilines is 2. The number of aryl methyl sites for hydroxylation is 1. The molecule has 2 saturated heterocycles. The predicted octanol–water partition coefficient (Wildman–Crippen LogP) is 2.83. The Morgan fingerprint density at radius 1 is 0.828 bits per heavy atom. The van der Waals surface area contributed by atoms with E-state index in [1.807, 2.05) is 6.07 Å². The first kappa shape index (κ1) is 18.5. The van der Waals surface area contributed by atoms with Gasteiger partial charge in [-0.1, -0.05) is 6.07 Å². The third kappa shape index (κ3) is 4.10. The number of fused-ring (bicyclic) bond motifs is 1. The molecule has 0 N–H and O–H groups in total. The smallest absolute Gasteiger partial charge is 0.231 e. The van der Waals surface area contributed by atoms with Crippen LogP contribution in [0, 0.1) is 6.92 Å². The Morgan fingerprint density at radius 2 is 1.62 bits per heavy atom. The van der Waals surface area contributed by atoms with Crippen LogP contribution in [0.1, 0.15) is 30.5 Å². The first-order valence-corrected chi connectivity index (χ1v) is 10.7. The molecule has 7 heteroatoms. The van der Waals surface area contributed by atoms with E-state index in [0.29, 0.717) is 6.79 Å². The van der Waals surface area contributed by atoms with Crippen LogP contribution < -0.4 is 19.3 Å². The van der Waals surface area contributed by atoms with E-state index in [4.69, 9.17) is 19.4 Å².